The Balaban J connectivity index is 2.19. The molecule has 0 saturated carbocycles. The first-order valence-corrected chi connectivity index (χ1v) is 6.12. The minimum atomic E-state index is -0.518. The van der Waals surface area contributed by atoms with Crippen LogP contribution in [0.3, 0.4) is 0 Å². The Morgan fingerprint density at radius 3 is 2.67 bits per heavy atom. The van der Waals surface area contributed by atoms with Crippen LogP contribution in [0.15, 0.2) is 33.3 Å². The minimum Gasteiger partial charge on any atom is -0.454 e. The summed E-state index contributed by atoms with van der Waals surface area (Å²) in [4.78, 5) is 15.0. The molecule has 18 heavy (non-hydrogen) atoms. The quantitative estimate of drug-likeness (QED) is 0.815. The van der Waals surface area contributed by atoms with Crippen LogP contribution in [0.2, 0.25) is 0 Å². The van der Waals surface area contributed by atoms with E-state index in [1.807, 2.05) is 24.3 Å². The van der Waals surface area contributed by atoms with E-state index in [1.165, 1.54) is 6.92 Å². The Morgan fingerprint density at radius 2 is 2.06 bits per heavy atom. The standard InChI is InChI=1S/C12H11BrN2O3/c1-7(17-8(2)16)11-14-12(18-15-11)9-3-5-10(13)6-4-9/h3-7H,1-2H3. The summed E-state index contributed by atoms with van der Waals surface area (Å²) in [5.41, 5.74) is 0.812. The summed E-state index contributed by atoms with van der Waals surface area (Å²) >= 11 is 3.35. The Labute approximate surface area is 112 Å². The van der Waals surface area contributed by atoms with Crippen molar-refractivity contribution in [1.82, 2.24) is 10.1 Å². The van der Waals surface area contributed by atoms with Gasteiger partial charge in [0.15, 0.2) is 6.10 Å². The molecule has 6 heteroatoms. The van der Waals surface area contributed by atoms with Crippen molar-refractivity contribution in [3.05, 3.63) is 34.6 Å². The van der Waals surface area contributed by atoms with Crippen LogP contribution >= 0.6 is 15.9 Å². The molecule has 0 aliphatic carbocycles. The van der Waals surface area contributed by atoms with Crippen LogP contribution in [0.4, 0.5) is 0 Å². The summed E-state index contributed by atoms with van der Waals surface area (Å²) in [7, 11) is 0. The Bertz CT molecular complexity index is 551. The molecule has 1 aromatic carbocycles. The maximum atomic E-state index is 10.8. The third-order valence-corrected chi connectivity index (χ3v) is 2.77. The molecule has 1 heterocycles. The third kappa shape index (κ3) is 2.95. The molecule has 0 radical (unpaired) electrons. The number of esters is 1. The molecule has 0 N–H and O–H groups in total. The first-order valence-electron chi connectivity index (χ1n) is 5.33. The molecule has 0 spiro atoms. The highest BCUT2D eigenvalue weighted by atomic mass is 79.9. The summed E-state index contributed by atoms with van der Waals surface area (Å²) in [6, 6.07) is 7.49. The second-order valence-electron chi connectivity index (χ2n) is 3.72. The van der Waals surface area contributed by atoms with Gasteiger partial charge >= 0.3 is 5.97 Å². The normalized spacial score (nSPS) is 12.2. The number of nitrogens with zero attached hydrogens (tertiary/aromatic N) is 2. The molecule has 2 rings (SSSR count). The van der Waals surface area contributed by atoms with E-state index in [2.05, 4.69) is 26.1 Å². The third-order valence-electron chi connectivity index (χ3n) is 2.24. The summed E-state index contributed by atoms with van der Waals surface area (Å²) in [6.45, 7) is 3.03. The largest absolute Gasteiger partial charge is 0.454 e. The minimum absolute atomic E-state index is 0.350. The van der Waals surface area contributed by atoms with Crippen molar-refractivity contribution in [1.29, 1.82) is 0 Å². The summed E-state index contributed by atoms with van der Waals surface area (Å²) < 4.78 is 11.1. The lowest BCUT2D eigenvalue weighted by atomic mass is 10.2. The predicted molar refractivity (Wildman–Crippen MR) is 67.6 cm³/mol. The van der Waals surface area contributed by atoms with Crippen LogP contribution < -0.4 is 0 Å². The van der Waals surface area contributed by atoms with E-state index in [-0.39, 0.29) is 5.97 Å². The van der Waals surface area contributed by atoms with E-state index in [4.69, 9.17) is 9.26 Å². The van der Waals surface area contributed by atoms with Crippen molar-refractivity contribution in [2.45, 2.75) is 20.0 Å². The van der Waals surface area contributed by atoms with Gasteiger partial charge in [-0.15, -0.1) is 0 Å². The zero-order chi connectivity index (χ0) is 13.1. The number of ether oxygens (including phenoxy) is 1. The van der Waals surface area contributed by atoms with E-state index < -0.39 is 6.10 Å². The number of aromatic nitrogens is 2. The van der Waals surface area contributed by atoms with Crippen LogP contribution in [0.1, 0.15) is 25.8 Å². The monoisotopic (exact) mass is 310 g/mol. The molecule has 0 bridgehead atoms. The van der Waals surface area contributed by atoms with Gasteiger partial charge in [0.05, 0.1) is 0 Å². The van der Waals surface area contributed by atoms with E-state index in [0.29, 0.717) is 11.7 Å². The van der Waals surface area contributed by atoms with E-state index in [9.17, 15) is 4.79 Å². The maximum Gasteiger partial charge on any atom is 0.303 e. The molecule has 1 unspecified atom stereocenters. The predicted octanol–water partition coefficient (Wildman–Crippen LogP) is 3.12. The molecule has 5 nitrogen and oxygen atoms in total. The van der Waals surface area contributed by atoms with Gasteiger partial charge < -0.3 is 9.26 Å². The summed E-state index contributed by atoms with van der Waals surface area (Å²) in [6.07, 6.45) is -0.518. The molecule has 0 saturated heterocycles. The second kappa shape index (κ2) is 5.30. The fourth-order valence-electron chi connectivity index (χ4n) is 1.41. The molecule has 0 aliphatic rings. The molecule has 94 valence electrons. The smallest absolute Gasteiger partial charge is 0.303 e. The molecule has 1 atom stereocenters. The van der Waals surface area contributed by atoms with Gasteiger partial charge in [-0.05, 0) is 31.2 Å². The lowest BCUT2D eigenvalue weighted by Crippen LogP contribution is -2.06. The Morgan fingerprint density at radius 1 is 1.39 bits per heavy atom. The number of hydrogen-bond acceptors (Lipinski definition) is 5. The van der Waals surface area contributed by atoms with Gasteiger partial charge in [0, 0.05) is 17.0 Å². The molecule has 0 aliphatic heterocycles. The van der Waals surface area contributed by atoms with Gasteiger partial charge in [-0.2, -0.15) is 4.98 Å². The van der Waals surface area contributed by atoms with Crippen molar-refractivity contribution in [2.24, 2.45) is 0 Å². The van der Waals surface area contributed by atoms with Gasteiger partial charge in [0.25, 0.3) is 5.89 Å². The van der Waals surface area contributed by atoms with Gasteiger partial charge in [0.2, 0.25) is 5.82 Å². The number of benzene rings is 1. The van der Waals surface area contributed by atoms with E-state index >= 15 is 0 Å². The lowest BCUT2D eigenvalue weighted by Gasteiger charge is -2.05. The van der Waals surface area contributed by atoms with Crippen LogP contribution in [-0.4, -0.2) is 16.1 Å². The molecule has 2 aromatic rings. The van der Waals surface area contributed by atoms with E-state index in [1.54, 1.807) is 6.92 Å². The number of halogens is 1. The number of rotatable bonds is 3. The van der Waals surface area contributed by atoms with Crippen LogP contribution in [0, 0.1) is 0 Å². The number of carbonyl (C=O) groups is 1. The average Bonchev–Trinajstić information content (AvgIpc) is 2.78. The molecule has 1 aromatic heterocycles. The zero-order valence-electron chi connectivity index (χ0n) is 9.88. The number of carbonyl (C=O) groups excluding carboxylic acids is 1. The van der Waals surface area contributed by atoms with Gasteiger partial charge in [-0.25, -0.2) is 0 Å². The number of hydrogen-bond donors (Lipinski definition) is 0. The topological polar surface area (TPSA) is 65.2 Å². The lowest BCUT2D eigenvalue weighted by molar-refractivity contribution is -0.146. The fraction of sp³-hybridized carbons (Fsp3) is 0.250. The maximum absolute atomic E-state index is 10.8. The van der Waals surface area contributed by atoms with Crippen molar-refractivity contribution < 1.29 is 14.1 Å². The SMILES string of the molecule is CC(=O)OC(C)c1noc(-c2ccc(Br)cc2)n1. The van der Waals surface area contributed by atoms with Crippen LogP contribution in [0.25, 0.3) is 11.5 Å². The van der Waals surface area contributed by atoms with Crippen molar-refractivity contribution in [3.63, 3.8) is 0 Å². The highest BCUT2D eigenvalue weighted by Crippen LogP contribution is 2.22. The molecular formula is C12H11BrN2O3. The summed E-state index contributed by atoms with van der Waals surface area (Å²) in [5.74, 6) is 0.372. The zero-order valence-corrected chi connectivity index (χ0v) is 11.5. The molecule has 0 fully saturated rings. The van der Waals surface area contributed by atoms with Gasteiger partial charge in [-0.1, -0.05) is 21.1 Å². The van der Waals surface area contributed by atoms with Gasteiger partial charge in [-0.3, -0.25) is 4.79 Å². The average molecular weight is 311 g/mol. The highest BCUT2D eigenvalue weighted by molar-refractivity contribution is 9.10. The van der Waals surface area contributed by atoms with Crippen molar-refractivity contribution in [2.75, 3.05) is 0 Å². The highest BCUT2D eigenvalue weighted by Gasteiger charge is 2.16. The van der Waals surface area contributed by atoms with Crippen molar-refractivity contribution >= 4 is 21.9 Å². The molecular weight excluding hydrogens is 300 g/mol. The second-order valence-corrected chi connectivity index (χ2v) is 4.63. The van der Waals surface area contributed by atoms with Gasteiger partial charge in [0.1, 0.15) is 0 Å². The Hall–Kier alpha value is -1.69. The molecule has 0 amide bonds. The van der Waals surface area contributed by atoms with Crippen molar-refractivity contribution in [3.8, 4) is 11.5 Å². The van der Waals surface area contributed by atoms with Crippen LogP contribution in [-0.2, 0) is 9.53 Å². The summed E-state index contributed by atoms with van der Waals surface area (Å²) in [5, 5.41) is 3.79. The van der Waals surface area contributed by atoms with Crippen LogP contribution in [0.5, 0.6) is 0 Å². The Kier molecular flexibility index (Phi) is 3.76. The van der Waals surface area contributed by atoms with E-state index in [0.717, 1.165) is 10.0 Å². The first-order chi connectivity index (χ1) is 8.56. The first kappa shape index (κ1) is 12.8. The fourth-order valence-corrected chi connectivity index (χ4v) is 1.68.